The minimum Gasteiger partial charge on any atom is -0.481 e. The van der Waals surface area contributed by atoms with Gasteiger partial charge in [0, 0.05) is 17.3 Å². The smallest absolute Gasteiger partial charge is 0.309 e. The van der Waals surface area contributed by atoms with E-state index < -0.39 is 11.4 Å². The van der Waals surface area contributed by atoms with E-state index in [0.717, 1.165) is 22.0 Å². The molecule has 0 saturated heterocycles. The molecule has 94 valence electrons. The highest BCUT2D eigenvalue weighted by molar-refractivity contribution is 5.85. The Hall–Kier alpha value is -1.90. The lowest BCUT2D eigenvalue weighted by atomic mass is 9.85. The van der Waals surface area contributed by atoms with Crippen molar-refractivity contribution in [3.8, 4) is 0 Å². The van der Waals surface area contributed by atoms with Crippen LogP contribution < -0.4 is 0 Å². The topological polar surface area (TPSA) is 50.2 Å². The Kier molecular flexibility index (Phi) is 3.07. The van der Waals surface area contributed by atoms with Gasteiger partial charge in [0.15, 0.2) is 0 Å². The molecule has 0 radical (unpaired) electrons. The first-order chi connectivity index (χ1) is 8.40. The van der Waals surface area contributed by atoms with Crippen molar-refractivity contribution in [3.63, 3.8) is 0 Å². The highest BCUT2D eigenvalue weighted by Gasteiger charge is 2.27. The molecule has 1 aromatic heterocycles. The van der Waals surface area contributed by atoms with Gasteiger partial charge in [-0.3, -0.25) is 9.78 Å². The molecule has 0 unspecified atom stereocenters. The number of hydrogen-bond donors (Lipinski definition) is 1. The second-order valence-corrected chi connectivity index (χ2v) is 5.32. The van der Waals surface area contributed by atoms with Crippen LogP contribution in [0.1, 0.15) is 25.1 Å². The number of fused-ring (bicyclic) bond motifs is 1. The second kappa shape index (κ2) is 4.41. The number of carboxylic acid groups (broad SMARTS) is 1. The van der Waals surface area contributed by atoms with Gasteiger partial charge in [0.2, 0.25) is 0 Å². The zero-order valence-electron chi connectivity index (χ0n) is 10.9. The van der Waals surface area contributed by atoms with Crippen LogP contribution in [0.4, 0.5) is 0 Å². The van der Waals surface area contributed by atoms with Crippen LogP contribution in [0.5, 0.6) is 0 Å². The van der Waals surface area contributed by atoms with E-state index in [0.29, 0.717) is 6.42 Å². The Bertz CT molecular complexity index is 602. The maximum atomic E-state index is 11.1. The van der Waals surface area contributed by atoms with Crippen molar-refractivity contribution in [2.24, 2.45) is 5.41 Å². The van der Waals surface area contributed by atoms with E-state index in [4.69, 9.17) is 5.11 Å². The van der Waals surface area contributed by atoms with E-state index in [1.807, 2.05) is 25.1 Å². The zero-order chi connectivity index (χ0) is 13.3. The third-order valence-electron chi connectivity index (χ3n) is 3.25. The number of hydrogen-bond acceptors (Lipinski definition) is 2. The summed E-state index contributed by atoms with van der Waals surface area (Å²) in [6.07, 6.45) is 2.31. The molecule has 0 atom stereocenters. The number of nitrogens with zero attached hydrogens (tertiary/aromatic N) is 1. The normalized spacial score (nSPS) is 11.7. The van der Waals surface area contributed by atoms with Gasteiger partial charge in [0.25, 0.3) is 0 Å². The molecule has 0 saturated carbocycles. The van der Waals surface area contributed by atoms with Gasteiger partial charge >= 0.3 is 5.97 Å². The summed E-state index contributed by atoms with van der Waals surface area (Å²) in [6, 6.07) is 8.01. The summed E-state index contributed by atoms with van der Waals surface area (Å²) >= 11 is 0. The first-order valence-electron chi connectivity index (χ1n) is 5.98. The molecular weight excluding hydrogens is 226 g/mol. The Balaban J connectivity index is 2.40. The van der Waals surface area contributed by atoms with Gasteiger partial charge in [-0.05, 0) is 44.2 Å². The van der Waals surface area contributed by atoms with Gasteiger partial charge in [0.1, 0.15) is 0 Å². The van der Waals surface area contributed by atoms with E-state index in [-0.39, 0.29) is 0 Å². The maximum Gasteiger partial charge on any atom is 0.309 e. The molecule has 0 aliphatic carbocycles. The summed E-state index contributed by atoms with van der Waals surface area (Å²) < 4.78 is 0. The summed E-state index contributed by atoms with van der Waals surface area (Å²) in [6.45, 7) is 5.47. The number of carbonyl (C=O) groups is 1. The van der Waals surface area contributed by atoms with Crippen molar-refractivity contribution in [1.29, 1.82) is 0 Å². The molecule has 1 aromatic carbocycles. The summed E-state index contributed by atoms with van der Waals surface area (Å²) in [5.74, 6) is -0.770. The van der Waals surface area contributed by atoms with E-state index >= 15 is 0 Å². The fourth-order valence-corrected chi connectivity index (χ4v) is 2.07. The first-order valence-corrected chi connectivity index (χ1v) is 5.98. The highest BCUT2D eigenvalue weighted by Crippen LogP contribution is 2.25. The number of aryl methyl sites for hydroxylation is 1. The molecule has 0 fully saturated rings. The Morgan fingerprint density at radius 2 is 2.06 bits per heavy atom. The molecule has 3 heteroatoms. The first kappa shape index (κ1) is 12.6. The number of pyridine rings is 1. The van der Waals surface area contributed by atoms with Gasteiger partial charge in [-0.15, -0.1) is 0 Å². The van der Waals surface area contributed by atoms with Gasteiger partial charge in [-0.1, -0.05) is 18.2 Å². The van der Waals surface area contributed by atoms with E-state index in [1.54, 1.807) is 20.0 Å². The highest BCUT2D eigenvalue weighted by atomic mass is 16.4. The standard InChI is InChI=1S/C15H17NO2/c1-10-13-5-4-11(8-12(13)6-7-16-10)9-15(2,3)14(17)18/h4-8H,9H2,1-3H3,(H,17,18). The van der Waals surface area contributed by atoms with Crippen molar-refractivity contribution in [2.45, 2.75) is 27.2 Å². The van der Waals surface area contributed by atoms with Crippen LogP contribution in [0.15, 0.2) is 30.5 Å². The quantitative estimate of drug-likeness (QED) is 0.900. The Labute approximate surface area is 106 Å². The third kappa shape index (κ3) is 2.35. The molecule has 3 nitrogen and oxygen atoms in total. The molecule has 0 amide bonds. The van der Waals surface area contributed by atoms with Gasteiger partial charge < -0.3 is 5.11 Å². The van der Waals surface area contributed by atoms with E-state index in [9.17, 15) is 4.79 Å². The lowest BCUT2D eigenvalue weighted by Crippen LogP contribution is -2.26. The molecule has 0 aliphatic heterocycles. The van der Waals surface area contributed by atoms with E-state index in [1.165, 1.54) is 0 Å². The van der Waals surface area contributed by atoms with Crippen LogP contribution >= 0.6 is 0 Å². The van der Waals surface area contributed by atoms with Crippen LogP contribution in [-0.4, -0.2) is 16.1 Å². The van der Waals surface area contributed by atoms with Gasteiger partial charge in [-0.25, -0.2) is 0 Å². The van der Waals surface area contributed by atoms with Crippen LogP contribution in [0, 0.1) is 12.3 Å². The Morgan fingerprint density at radius 1 is 1.33 bits per heavy atom. The number of rotatable bonds is 3. The molecule has 2 aromatic rings. The Morgan fingerprint density at radius 3 is 2.72 bits per heavy atom. The van der Waals surface area contributed by atoms with Crippen molar-refractivity contribution >= 4 is 16.7 Å². The van der Waals surface area contributed by atoms with Crippen molar-refractivity contribution in [3.05, 3.63) is 41.7 Å². The summed E-state index contributed by atoms with van der Waals surface area (Å²) in [7, 11) is 0. The minimum atomic E-state index is -0.770. The molecular formula is C15H17NO2. The monoisotopic (exact) mass is 243 g/mol. The van der Waals surface area contributed by atoms with Crippen molar-refractivity contribution in [1.82, 2.24) is 4.98 Å². The van der Waals surface area contributed by atoms with E-state index in [2.05, 4.69) is 11.1 Å². The predicted molar refractivity (Wildman–Crippen MR) is 71.6 cm³/mol. The third-order valence-corrected chi connectivity index (χ3v) is 3.25. The predicted octanol–water partition coefficient (Wildman–Crippen LogP) is 3.20. The fraction of sp³-hybridized carbons (Fsp3) is 0.333. The lowest BCUT2D eigenvalue weighted by Gasteiger charge is -2.19. The van der Waals surface area contributed by atoms with Crippen molar-refractivity contribution < 1.29 is 9.90 Å². The molecule has 1 heterocycles. The van der Waals surface area contributed by atoms with Gasteiger partial charge in [0.05, 0.1) is 5.41 Å². The summed E-state index contributed by atoms with van der Waals surface area (Å²) in [4.78, 5) is 15.4. The molecule has 18 heavy (non-hydrogen) atoms. The van der Waals surface area contributed by atoms with Crippen molar-refractivity contribution in [2.75, 3.05) is 0 Å². The zero-order valence-corrected chi connectivity index (χ0v) is 10.9. The average molecular weight is 243 g/mol. The molecule has 1 N–H and O–H groups in total. The second-order valence-electron chi connectivity index (χ2n) is 5.32. The number of aromatic nitrogens is 1. The molecule has 0 aliphatic rings. The maximum absolute atomic E-state index is 11.1. The number of aliphatic carboxylic acids is 1. The molecule has 2 rings (SSSR count). The van der Waals surface area contributed by atoms with Crippen LogP contribution in [0.3, 0.4) is 0 Å². The van der Waals surface area contributed by atoms with Crippen LogP contribution in [0.25, 0.3) is 10.8 Å². The SMILES string of the molecule is Cc1nccc2cc(CC(C)(C)C(=O)O)ccc12. The molecule has 0 spiro atoms. The lowest BCUT2D eigenvalue weighted by molar-refractivity contribution is -0.146. The number of benzene rings is 1. The van der Waals surface area contributed by atoms with Gasteiger partial charge in [-0.2, -0.15) is 0 Å². The van der Waals surface area contributed by atoms with Crippen LogP contribution in [0.2, 0.25) is 0 Å². The largest absolute Gasteiger partial charge is 0.481 e. The fourth-order valence-electron chi connectivity index (χ4n) is 2.07. The average Bonchev–Trinajstić information content (AvgIpc) is 2.28. The summed E-state index contributed by atoms with van der Waals surface area (Å²) in [5.41, 5.74) is 1.30. The molecule has 0 bridgehead atoms. The minimum absolute atomic E-state index is 0.527. The summed E-state index contributed by atoms with van der Waals surface area (Å²) in [5, 5.41) is 11.4. The van der Waals surface area contributed by atoms with Crippen LogP contribution in [-0.2, 0) is 11.2 Å². The number of carboxylic acids is 1.